The highest BCUT2D eigenvalue weighted by atomic mass is 19.1. The molecule has 2 aliphatic heterocycles. The molecule has 168 valence electrons. The van der Waals surface area contributed by atoms with Crippen molar-refractivity contribution in [1.82, 2.24) is 15.0 Å². The van der Waals surface area contributed by atoms with E-state index in [9.17, 15) is 14.0 Å². The molecule has 0 radical (unpaired) electrons. The number of hydrogen-bond acceptors (Lipinski definition) is 5. The summed E-state index contributed by atoms with van der Waals surface area (Å²) in [7, 11) is 0. The molecule has 7 heteroatoms. The molecule has 0 N–H and O–H groups in total. The van der Waals surface area contributed by atoms with Gasteiger partial charge in [-0.2, -0.15) is 0 Å². The number of piperidine rings is 1. The maximum Gasteiger partial charge on any atom is 0.261 e. The fourth-order valence-corrected chi connectivity index (χ4v) is 5.43. The molecule has 1 saturated heterocycles. The van der Waals surface area contributed by atoms with Gasteiger partial charge in [0.15, 0.2) is 5.58 Å². The smallest absolute Gasteiger partial charge is 0.261 e. The minimum Gasteiger partial charge on any atom is -0.356 e. The summed E-state index contributed by atoms with van der Waals surface area (Å²) in [5.74, 6) is 0.0511. The van der Waals surface area contributed by atoms with E-state index in [-0.39, 0.29) is 23.5 Å². The van der Waals surface area contributed by atoms with Gasteiger partial charge in [-0.15, -0.1) is 0 Å². The van der Waals surface area contributed by atoms with Gasteiger partial charge < -0.3 is 9.42 Å². The Hall–Kier alpha value is -3.32. The summed E-state index contributed by atoms with van der Waals surface area (Å²) in [6, 6.07) is 11.6. The molecule has 2 amide bonds. The van der Waals surface area contributed by atoms with Gasteiger partial charge in [-0.1, -0.05) is 29.4 Å². The summed E-state index contributed by atoms with van der Waals surface area (Å²) in [5, 5.41) is 5.12. The normalized spacial score (nSPS) is 23.5. The molecule has 0 bridgehead atoms. The highest BCUT2D eigenvalue weighted by Crippen LogP contribution is 2.46. The lowest BCUT2D eigenvalue weighted by Crippen LogP contribution is -2.36. The average Bonchev–Trinajstić information content (AvgIpc) is 3.14. The zero-order valence-electron chi connectivity index (χ0n) is 18.2. The molecule has 3 aromatic rings. The first-order valence-electron chi connectivity index (χ1n) is 11.4. The average molecular weight is 445 g/mol. The summed E-state index contributed by atoms with van der Waals surface area (Å²) < 4.78 is 18.8. The number of carbonyl (C=O) groups is 2. The van der Waals surface area contributed by atoms with Crippen LogP contribution in [-0.2, 0) is 0 Å². The SMILES string of the molecule is C=C1[C@H](CN2CCC(c3noc4cc(F)ccc34)CC2)[C@H]1CN1C(=O)c2ccccc2C1=O. The van der Waals surface area contributed by atoms with Crippen molar-refractivity contribution in [3.63, 3.8) is 0 Å². The van der Waals surface area contributed by atoms with Gasteiger partial charge in [0, 0.05) is 42.3 Å². The van der Waals surface area contributed by atoms with E-state index in [1.54, 1.807) is 30.3 Å². The van der Waals surface area contributed by atoms with Crippen LogP contribution in [0, 0.1) is 17.7 Å². The molecule has 2 aromatic carbocycles. The third-order valence-corrected chi connectivity index (χ3v) is 7.48. The lowest BCUT2D eigenvalue weighted by atomic mass is 9.91. The van der Waals surface area contributed by atoms with Gasteiger partial charge in [0.2, 0.25) is 0 Å². The number of halogens is 1. The van der Waals surface area contributed by atoms with E-state index in [2.05, 4.69) is 16.6 Å². The quantitative estimate of drug-likeness (QED) is 0.434. The molecular weight excluding hydrogens is 421 g/mol. The lowest BCUT2D eigenvalue weighted by Gasteiger charge is -2.31. The molecule has 1 aromatic heterocycles. The monoisotopic (exact) mass is 445 g/mol. The fraction of sp³-hybridized carbons (Fsp3) is 0.346. The molecule has 6 rings (SSSR count). The Labute approximate surface area is 190 Å². The molecule has 2 fully saturated rings. The predicted octanol–water partition coefficient (Wildman–Crippen LogP) is 4.24. The van der Waals surface area contributed by atoms with Crippen LogP contribution in [0.5, 0.6) is 0 Å². The van der Waals surface area contributed by atoms with E-state index in [1.807, 2.05) is 0 Å². The van der Waals surface area contributed by atoms with Crippen LogP contribution >= 0.6 is 0 Å². The van der Waals surface area contributed by atoms with Gasteiger partial charge in [-0.3, -0.25) is 14.5 Å². The Kier molecular flexibility index (Phi) is 4.69. The number of amides is 2. The summed E-state index contributed by atoms with van der Waals surface area (Å²) in [6.07, 6.45) is 1.92. The second kappa shape index (κ2) is 7.63. The maximum absolute atomic E-state index is 13.4. The topological polar surface area (TPSA) is 66.7 Å². The van der Waals surface area contributed by atoms with Gasteiger partial charge in [0.05, 0.1) is 16.8 Å². The minimum atomic E-state index is -0.319. The summed E-state index contributed by atoms with van der Waals surface area (Å²) in [6.45, 7) is 7.38. The van der Waals surface area contributed by atoms with Gasteiger partial charge in [0.1, 0.15) is 5.82 Å². The number of fused-ring (bicyclic) bond motifs is 2. The summed E-state index contributed by atoms with van der Waals surface area (Å²) >= 11 is 0. The number of aromatic nitrogens is 1. The second-order valence-corrected chi connectivity index (χ2v) is 9.34. The zero-order chi connectivity index (χ0) is 22.7. The molecule has 6 nitrogen and oxygen atoms in total. The van der Waals surface area contributed by atoms with Crippen LogP contribution in [0.15, 0.2) is 59.1 Å². The second-order valence-electron chi connectivity index (χ2n) is 9.34. The molecule has 2 atom stereocenters. The number of benzene rings is 2. The van der Waals surface area contributed by atoms with Gasteiger partial charge >= 0.3 is 0 Å². The first-order valence-corrected chi connectivity index (χ1v) is 11.4. The van der Waals surface area contributed by atoms with Crippen molar-refractivity contribution in [3.8, 4) is 0 Å². The molecule has 1 aliphatic carbocycles. The first-order chi connectivity index (χ1) is 16.0. The molecule has 3 aliphatic rings. The van der Waals surface area contributed by atoms with E-state index in [0.29, 0.717) is 35.1 Å². The van der Waals surface area contributed by atoms with Crippen molar-refractivity contribution in [2.24, 2.45) is 11.8 Å². The Morgan fingerprint density at radius 2 is 1.67 bits per heavy atom. The number of carbonyl (C=O) groups excluding carboxylic acids is 2. The Balaban J connectivity index is 1.05. The largest absolute Gasteiger partial charge is 0.356 e. The summed E-state index contributed by atoms with van der Waals surface area (Å²) in [4.78, 5) is 29.1. The number of rotatable bonds is 5. The van der Waals surface area contributed by atoms with E-state index in [4.69, 9.17) is 4.52 Å². The third kappa shape index (κ3) is 3.38. The molecule has 3 heterocycles. The van der Waals surface area contributed by atoms with E-state index in [1.165, 1.54) is 17.0 Å². The summed E-state index contributed by atoms with van der Waals surface area (Å²) in [5.41, 5.74) is 3.53. The Bertz CT molecular complexity index is 1260. The van der Waals surface area contributed by atoms with Crippen LogP contribution in [-0.4, -0.2) is 52.9 Å². The molecule has 0 spiro atoms. The standard InChI is InChI=1S/C26H24FN3O3/c1-15-21(22(15)14-30-25(31)18-4-2-3-5-19(18)26(30)32)13-29-10-8-16(9-11-29)24-20-7-6-17(27)12-23(20)33-28-24/h2-7,12,16,21-22H,1,8-11,13-14H2/t21-,22-/m0/s1. The number of likely N-dealkylation sites (tertiary alicyclic amines) is 1. The third-order valence-electron chi connectivity index (χ3n) is 7.48. The zero-order valence-corrected chi connectivity index (χ0v) is 18.2. The number of imide groups is 1. The van der Waals surface area contributed by atoms with E-state index in [0.717, 1.165) is 49.1 Å². The molecule has 1 saturated carbocycles. The van der Waals surface area contributed by atoms with Crippen molar-refractivity contribution in [1.29, 1.82) is 0 Å². The maximum atomic E-state index is 13.4. The fourth-order valence-electron chi connectivity index (χ4n) is 5.43. The first kappa shape index (κ1) is 20.3. The highest BCUT2D eigenvalue weighted by molar-refractivity contribution is 6.21. The highest BCUT2D eigenvalue weighted by Gasteiger charge is 2.47. The van der Waals surface area contributed by atoms with Crippen molar-refractivity contribution in [2.45, 2.75) is 18.8 Å². The van der Waals surface area contributed by atoms with Crippen LogP contribution in [0.4, 0.5) is 4.39 Å². The Morgan fingerprint density at radius 1 is 1.00 bits per heavy atom. The molecule has 33 heavy (non-hydrogen) atoms. The minimum absolute atomic E-state index is 0.166. The van der Waals surface area contributed by atoms with Crippen LogP contribution < -0.4 is 0 Å². The number of hydrogen-bond donors (Lipinski definition) is 0. The van der Waals surface area contributed by atoms with Crippen molar-refractivity contribution in [2.75, 3.05) is 26.2 Å². The molecule has 0 unspecified atom stereocenters. The van der Waals surface area contributed by atoms with Crippen molar-refractivity contribution >= 4 is 22.8 Å². The van der Waals surface area contributed by atoms with Crippen LogP contribution in [0.25, 0.3) is 11.0 Å². The predicted molar refractivity (Wildman–Crippen MR) is 120 cm³/mol. The molecular formula is C26H24FN3O3. The number of nitrogens with zero attached hydrogens (tertiary/aromatic N) is 3. The lowest BCUT2D eigenvalue weighted by molar-refractivity contribution is 0.0644. The van der Waals surface area contributed by atoms with Crippen molar-refractivity contribution in [3.05, 3.63) is 77.3 Å². The van der Waals surface area contributed by atoms with E-state index >= 15 is 0 Å². The Morgan fingerprint density at radius 3 is 2.36 bits per heavy atom. The van der Waals surface area contributed by atoms with Gasteiger partial charge in [-0.05, 0) is 50.2 Å². The van der Waals surface area contributed by atoms with Gasteiger partial charge in [0.25, 0.3) is 11.8 Å². The van der Waals surface area contributed by atoms with Crippen LogP contribution in [0.2, 0.25) is 0 Å². The van der Waals surface area contributed by atoms with Crippen molar-refractivity contribution < 1.29 is 18.5 Å². The van der Waals surface area contributed by atoms with Gasteiger partial charge in [-0.25, -0.2) is 4.39 Å². The van der Waals surface area contributed by atoms with Crippen LogP contribution in [0.3, 0.4) is 0 Å². The van der Waals surface area contributed by atoms with E-state index < -0.39 is 0 Å². The van der Waals surface area contributed by atoms with Crippen LogP contribution in [0.1, 0.15) is 45.2 Å².